The summed E-state index contributed by atoms with van der Waals surface area (Å²) in [5, 5.41) is 47.5. The minimum absolute atomic E-state index is 0.0509. The molecule has 8 N–H and O–H groups in total. The number of nitrogens with one attached hydrogen (secondary N) is 4. The fourth-order valence-electron chi connectivity index (χ4n) is 3.21. The van der Waals surface area contributed by atoms with Gasteiger partial charge in [0, 0.05) is 35.2 Å². The van der Waals surface area contributed by atoms with Crippen molar-refractivity contribution in [3.8, 4) is 0 Å². The number of rotatable bonds is 14. The summed E-state index contributed by atoms with van der Waals surface area (Å²) >= 11 is 1.88. The van der Waals surface area contributed by atoms with Crippen molar-refractivity contribution < 1.29 is 39.6 Å². The van der Waals surface area contributed by atoms with Crippen LogP contribution in [0.25, 0.3) is 0 Å². The van der Waals surface area contributed by atoms with E-state index >= 15 is 0 Å². The highest BCUT2D eigenvalue weighted by Crippen LogP contribution is 2.33. The predicted octanol–water partition coefficient (Wildman–Crippen LogP) is -0.905. The Balaban J connectivity index is 3.32. The molecule has 0 radical (unpaired) electrons. The van der Waals surface area contributed by atoms with Gasteiger partial charge in [-0.15, -0.1) is 0 Å². The summed E-state index contributed by atoms with van der Waals surface area (Å²) in [5.74, 6) is -2.02. The molecule has 0 bridgehead atoms. The highest BCUT2D eigenvalue weighted by molar-refractivity contribution is 14.1. The molecule has 0 saturated heterocycles. The number of hydrogen-bond acceptors (Lipinski definition) is 8. The first-order valence-electron chi connectivity index (χ1n) is 11.1. The summed E-state index contributed by atoms with van der Waals surface area (Å²) in [5.41, 5.74) is 1.11. The highest BCUT2D eigenvalue weighted by atomic mass is 127. The number of carbonyl (C=O) groups is 4. The first-order chi connectivity index (χ1) is 17.0. The maximum Gasteiger partial charge on any atom is 0.252 e. The molecule has 36 heavy (non-hydrogen) atoms. The summed E-state index contributed by atoms with van der Waals surface area (Å²) in [4.78, 5) is 49.8. The average molecular weight is 620 g/mol. The van der Waals surface area contributed by atoms with Gasteiger partial charge in [0.25, 0.3) is 11.8 Å². The topological polar surface area (TPSA) is 197 Å². The second-order valence-corrected chi connectivity index (χ2v) is 9.01. The van der Waals surface area contributed by atoms with Gasteiger partial charge in [-0.1, -0.05) is 6.58 Å². The highest BCUT2D eigenvalue weighted by Gasteiger charge is 2.27. The number of amides is 4. The summed E-state index contributed by atoms with van der Waals surface area (Å²) in [6.07, 6.45) is -0.847. The smallest absolute Gasteiger partial charge is 0.252 e. The minimum atomic E-state index is -1.18. The van der Waals surface area contributed by atoms with Crippen molar-refractivity contribution >= 4 is 51.9 Å². The number of aliphatic hydroxyl groups is 4. The Kier molecular flexibility index (Phi) is 13.5. The van der Waals surface area contributed by atoms with Gasteiger partial charge in [0.2, 0.25) is 11.8 Å². The molecular formula is C23H33IN4O8. The van der Waals surface area contributed by atoms with Crippen LogP contribution in [0.15, 0.2) is 12.7 Å². The molecule has 0 fully saturated rings. The van der Waals surface area contributed by atoms with Crippen LogP contribution in [-0.4, -0.2) is 89.1 Å². The van der Waals surface area contributed by atoms with E-state index in [2.05, 4.69) is 27.8 Å². The van der Waals surface area contributed by atoms with Gasteiger partial charge in [-0.2, -0.15) is 0 Å². The maximum atomic E-state index is 13.0. The lowest BCUT2D eigenvalue weighted by Gasteiger charge is -2.22. The molecule has 12 nitrogen and oxygen atoms in total. The van der Waals surface area contributed by atoms with Crippen molar-refractivity contribution in [2.75, 3.05) is 38.2 Å². The van der Waals surface area contributed by atoms with Crippen LogP contribution >= 0.6 is 22.6 Å². The van der Waals surface area contributed by atoms with E-state index in [9.17, 15) is 29.4 Å². The summed E-state index contributed by atoms with van der Waals surface area (Å²) < 4.78 is 0.360. The zero-order valence-electron chi connectivity index (χ0n) is 20.2. The molecule has 0 aliphatic rings. The Labute approximate surface area is 222 Å². The molecule has 0 aliphatic carbocycles. The van der Waals surface area contributed by atoms with Crippen LogP contribution in [0, 0.1) is 17.4 Å². The zero-order chi connectivity index (χ0) is 27.4. The van der Waals surface area contributed by atoms with E-state index in [0.717, 1.165) is 6.08 Å². The minimum Gasteiger partial charge on any atom is -0.394 e. The molecule has 0 heterocycles. The molecule has 4 amide bonds. The van der Waals surface area contributed by atoms with Crippen LogP contribution in [-0.2, 0) is 9.59 Å². The molecule has 2 atom stereocenters. The van der Waals surface area contributed by atoms with Gasteiger partial charge >= 0.3 is 0 Å². The normalized spacial score (nSPS) is 12.3. The standard InChI is InChI=1S/C23H33IN4O8/c1-4-16(33)25-7-5-6-17(34)28-21-13(3)18(22(35)26-8-14(31)10-29)12(2)19(20(21)24)23(36)27-9-15(32)11-30/h4,14-15,29-32H,1,5-11H2,2-3H3,(H,25,33)(H,26,35)(H,27,36)(H,28,34). The quantitative estimate of drug-likeness (QED) is 0.0744. The van der Waals surface area contributed by atoms with E-state index in [1.807, 2.05) is 22.6 Å². The fourth-order valence-corrected chi connectivity index (χ4v) is 4.40. The van der Waals surface area contributed by atoms with Gasteiger partial charge in [-0.3, -0.25) is 19.2 Å². The van der Waals surface area contributed by atoms with Crippen LogP contribution < -0.4 is 21.3 Å². The number of benzene rings is 1. The third-order valence-electron chi connectivity index (χ3n) is 5.14. The van der Waals surface area contributed by atoms with E-state index in [-0.39, 0.29) is 48.8 Å². The van der Waals surface area contributed by atoms with E-state index in [4.69, 9.17) is 10.2 Å². The Morgan fingerprint density at radius 2 is 1.44 bits per heavy atom. The number of halogens is 1. The Morgan fingerprint density at radius 3 is 1.94 bits per heavy atom. The molecule has 1 aromatic rings. The van der Waals surface area contributed by atoms with Gasteiger partial charge in [0.05, 0.1) is 36.7 Å². The first-order valence-corrected chi connectivity index (χ1v) is 12.2. The van der Waals surface area contributed by atoms with Crippen LogP contribution in [0.4, 0.5) is 5.69 Å². The number of hydrogen-bond donors (Lipinski definition) is 8. The third-order valence-corrected chi connectivity index (χ3v) is 6.22. The van der Waals surface area contributed by atoms with Crippen molar-refractivity contribution in [2.45, 2.75) is 38.9 Å². The predicted molar refractivity (Wildman–Crippen MR) is 141 cm³/mol. The molecule has 0 aromatic heterocycles. The zero-order valence-corrected chi connectivity index (χ0v) is 22.3. The van der Waals surface area contributed by atoms with Crippen LogP contribution in [0.2, 0.25) is 0 Å². The van der Waals surface area contributed by atoms with Crippen LogP contribution in [0.3, 0.4) is 0 Å². The lowest BCUT2D eigenvalue weighted by Crippen LogP contribution is -2.37. The van der Waals surface area contributed by atoms with Crippen molar-refractivity contribution in [1.29, 1.82) is 0 Å². The van der Waals surface area contributed by atoms with E-state index in [1.54, 1.807) is 13.8 Å². The van der Waals surface area contributed by atoms with Crippen molar-refractivity contribution in [2.24, 2.45) is 0 Å². The maximum absolute atomic E-state index is 13.0. The molecular weight excluding hydrogens is 587 g/mol. The van der Waals surface area contributed by atoms with Gasteiger partial charge in [-0.25, -0.2) is 0 Å². The van der Waals surface area contributed by atoms with Gasteiger partial charge in [-0.05, 0) is 60.1 Å². The lowest BCUT2D eigenvalue weighted by atomic mass is 9.94. The average Bonchev–Trinajstić information content (AvgIpc) is 2.85. The monoisotopic (exact) mass is 620 g/mol. The van der Waals surface area contributed by atoms with Crippen molar-refractivity contribution in [1.82, 2.24) is 16.0 Å². The second kappa shape index (κ2) is 15.5. The van der Waals surface area contributed by atoms with Crippen LogP contribution in [0.5, 0.6) is 0 Å². The third kappa shape index (κ3) is 9.13. The van der Waals surface area contributed by atoms with Gasteiger partial charge in [0.15, 0.2) is 0 Å². The van der Waals surface area contributed by atoms with Crippen molar-refractivity contribution in [3.63, 3.8) is 0 Å². The van der Waals surface area contributed by atoms with Gasteiger partial charge < -0.3 is 41.7 Å². The largest absolute Gasteiger partial charge is 0.394 e. The fraction of sp³-hybridized carbons (Fsp3) is 0.478. The summed E-state index contributed by atoms with van der Waals surface area (Å²) in [7, 11) is 0. The molecule has 200 valence electrons. The Bertz CT molecular complexity index is 932. The van der Waals surface area contributed by atoms with E-state index in [1.165, 1.54) is 0 Å². The molecule has 1 aromatic carbocycles. The molecule has 13 heteroatoms. The van der Waals surface area contributed by atoms with Crippen LogP contribution in [0.1, 0.15) is 44.7 Å². The van der Waals surface area contributed by atoms with E-state index in [0.29, 0.717) is 21.1 Å². The summed E-state index contributed by atoms with van der Waals surface area (Å²) in [6.45, 7) is 5.18. The number of carbonyl (C=O) groups excluding carboxylic acids is 4. The number of anilines is 1. The van der Waals surface area contributed by atoms with E-state index < -0.39 is 43.1 Å². The first kappa shape index (κ1) is 31.4. The molecule has 0 spiro atoms. The molecule has 1 rings (SSSR count). The Morgan fingerprint density at radius 1 is 0.917 bits per heavy atom. The number of aliphatic hydroxyl groups excluding tert-OH is 4. The lowest BCUT2D eigenvalue weighted by molar-refractivity contribution is -0.118. The Hall–Kier alpha value is -2.59. The van der Waals surface area contributed by atoms with Gasteiger partial charge in [0.1, 0.15) is 0 Å². The SMILES string of the molecule is C=CC(=O)NCCCC(=O)Nc1c(C)c(C(=O)NCC(O)CO)c(C)c(C(=O)NCC(O)CO)c1I. The molecule has 0 saturated carbocycles. The molecule has 0 aliphatic heterocycles. The summed E-state index contributed by atoms with van der Waals surface area (Å²) in [6, 6.07) is 0. The van der Waals surface area contributed by atoms with Crippen molar-refractivity contribution in [3.05, 3.63) is 38.5 Å². The molecule has 2 unspecified atom stereocenters. The second-order valence-electron chi connectivity index (χ2n) is 7.93.